The van der Waals surface area contributed by atoms with Crippen molar-refractivity contribution in [2.75, 3.05) is 19.8 Å². The van der Waals surface area contributed by atoms with Gasteiger partial charge < -0.3 is 15.4 Å². The number of carbonyl (C=O) groups excluding carboxylic acids is 1. The summed E-state index contributed by atoms with van der Waals surface area (Å²) in [7, 11) is 0. The quantitative estimate of drug-likeness (QED) is 0.727. The molecule has 0 saturated carbocycles. The lowest BCUT2D eigenvalue weighted by molar-refractivity contribution is -0.128. The minimum atomic E-state index is -0.0579. The van der Waals surface area contributed by atoms with Crippen LogP contribution in [0, 0.1) is 5.92 Å². The minimum Gasteiger partial charge on any atom is -0.381 e. The number of hydrogen-bond acceptors (Lipinski definition) is 3. The highest BCUT2D eigenvalue weighted by atomic mass is 16.5. The summed E-state index contributed by atoms with van der Waals surface area (Å²) in [6.07, 6.45) is 2.81. The van der Waals surface area contributed by atoms with Crippen molar-refractivity contribution in [3.63, 3.8) is 0 Å². The van der Waals surface area contributed by atoms with Gasteiger partial charge in [-0.05, 0) is 39.7 Å². The molecule has 0 aromatic heterocycles. The lowest BCUT2D eigenvalue weighted by atomic mass is 9.90. The third-order valence-corrected chi connectivity index (χ3v) is 3.88. The third kappa shape index (κ3) is 2.55. The van der Waals surface area contributed by atoms with E-state index in [0.29, 0.717) is 6.04 Å². The Morgan fingerprint density at radius 2 is 2.12 bits per heavy atom. The molecule has 2 unspecified atom stereocenters. The molecule has 0 bridgehead atoms. The first-order valence-electron chi connectivity index (χ1n) is 6.24. The molecule has 4 nitrogen and oxygen atoms in total. The van der Waals surface area contributed by atoms with E-state index in [1.165, 1.54) is 0 Å². The maximum Gasteiger partial charge on any atom is 0.225 e. The molecule has 1 amide bonds. The maximum atomic E-state index is 12.1. The van der Waals surface area contributed by atoms with Crippen LogP contribution in [0.15, 0.2) is 0 Å². The average Bonchev–Trinajstić information content (AvgIpc) is 2.65. The molecule has 2 fully saturated rings. The Hall–Kier alpha value is -0.610. The van der Waals surface area contributed by atoms with Gasteiger partial charge in [0, 0.05) is 24.8 Å². The van der Waals surface area contributed by atoms with Gasteiger partial charge >= 0.3 is 0 Å². The van der Waals surface area contributed by atoms with Crippen LogP contribution < -0.4 is 10.6 Å². The molecule has 0 aliphatic carbocycles. The Kier molecular flexibility index (Phi) is 3.50. The van der Waals surface area contributed by atoms with Crippen LogP contribution in [0.3, 0.4) is 0 Å². The number of nitrogens with one attached hydrogen (secondary N) is 2. The zero-order valence-corrected chi connectivity index (χ0v) is 10.2. The van der Waals surface area contributed by atoms with E-state index in [-0.39, 0.29) is 17.4 Å². The second kappa shape index (κ2) is 4.72. The maximum absolute atomic E-state index is 12.1. The highest BCUT2D eigenvalue weighted by molar-refractivity contribution is 5.80. The molecule has 2 aliphatic rings. The molecule has 2 rings (SSSR count). The Morgan fingerprint density at radius 3 is 2.69 bits per heavy atom. The topological polar surface area (TPSA) is 50.4 Å². The van der Waals surface area contributed by atoms with Crippen molar-refractivity contribution in [3.05, 3.63) is 0 Å². The van der Waals surface area contributed by atoms with Crippen LogP contribution in [-0.2, 0) is 9.53 Å². The first-order chi connectivity index (χ1) is 7.61. The van der Waals surface area contributed by atoms with Gasteiger partial charge in [0.15, 0.2) is 0 Å². The molecule has 2 saturated heterocycles. The summed E-state index contributed by atoms with van der Waals surface area (Å²) < 4.78 is 5.33. The van der Waals surface area contributed by atoms with Gasteiger partial charge in [-0.1, -0.05) is 0 Å². The van der Waals surface area contributed by atoms with E-state index < -0.39 is 0 Å². The van der Waals surface area contributed by atoms with Crippen molar-refractivity contribution in [3.8, 4) is 0 Å². The summed E-state index contributed by atoms with van der Waals surface area (Å²) in [6.45, 7) is 6.69. The van der Waals surface area contributed by atoms with Crippen molar-refractivity contribution >= 4 is 5.91 Å². The van der Waals surface area contributed by atoms with Gasteiger partial charge in [0.05, 0.1) is 5.92 Å². The van der Waals surface area contributed by atoms with Gasteiger partial charge in [-0.3, -0.25) is 4.79 Å². The van der Waals surface area contributed by atoms with Gasteiger partial charge in [-0.15, -0.1) is 0 Å². The highest BCUT2D eigenvalue weighted by Crippen LogP contribution is 2.22. The number of rotatable bonds is 2. The Labute approximate surface area is 97.1 Å². The fourth-order valence-electron chi connectivity index (χ4n) is 2.55. The molecule has 2 atom stereocenters. The smallest absolute Gasteiger partial charge is 0.225 e. The monoisotopic (exact) mass is 226 g/mol. The van der Waals surface area contributed by atoms with Gasteiger partial charge in [-0.2, -0.15) is 0 Å². The summed E-state index contributed by atoms with van der Waals surface area (Å²) in [5, 5.41) is 6.52. The summed E-state index contributed by atoms with van der Waals surface area (Å²) in [6, 6.07) is 0.309. The molecule has 0 aromatic rings. The van der Waals surface area contributed by atoms with E-state index in [1.807, 2.05) is 0 Å². The lowest BCUT2D eigenvalue weighted by Gasteiger charge is -2.35. The van der Waals surface area contributed by atoms with E-state index in [0.717, 1.165) is 39.0 Å². The second-order valence-corrected chi connectivity index (χ2v) is 5.30. The molecule has 0 spiro atoms. The molecular formula is C12H22N2O2. The second-order valence-electron chi connectivity index (χ2n) is 5.30. The summed E-state index contributed by atoms with van der Waals surface area (Å²) >= 11 is 0. The highest BCUT2D eigenvalue weighted by Gasteiger charge is 2.35. The van der Waals surface area contributed by atoms with Crippen LogP contribution >= 0.6 is 0 Å². The summed E-state index contributed by atoms with van der Waals surface area (Å²) in [4.78, 5) is 12.1. The lowest BCUT2D eigenvalue weighted by Crippen LogP contribution is -2.52. The first kappa shape index (κ1) is 11.9. The SMILES string of the molecule is CC1NCCC1C(=O)NC1(C)CCOCC1. The van der Waals surface area contributed by atoms with Crippen molar-refractivity contribution in [1.29, 1.82) is 0 Å². The zero-order valence-electron chi connectivity index (χ0n) is 10.2. The predicted octanol–water partition coefficient (Wildman–Crippen LogP) is 0.670. The molecule has 16 heavy (non-hydrogen) atoms. The molecular weight excluding hydrogens is 204 g/mol. The van der Waals surface area contributed by atoms with Crippen LogP contribution in [0.4, 0.5) is 0 Å². The minimum absolute atomic E-state index is 0.0579. The number of carbonyl (C=O) groups is 1. The molecule has 0 radical (unpaired) electrons. The van der Waals surface area contributed by atoms with Gasteiger partial charge in [0.1, 0.15) is 0 Å². The third-order valence-electron chi connectivity index (χ3n) is 3.88. The normalized spacial score (nSPS) is 33.6. The van der Waals surface area contributed by atoms with Gasteiger partial charge in [0.2, 0.25) is 5.91 Å². The van der Waals surface area contributed by atoms with Crippen molar-refractivity contribution in [2.45, 2.75) is 44.7 Å². The van der Waals surface area contributed by atoms with Crippen LogP contribution in [0.2, 0.25) is 0 Å². The molecule has 2 aliphatic heterocycles. The Balaban J connectivity index is 1.90. The van der Waals surface area contributed by atoms with Crippen LogP contribution in [0.25, 0.3) is 0 Å². The Morgan fingerprint density at radius 1 is 1.44 bits per heavy atom. The van der Waals surface area contributed by atoms with Crippen LogP contribution in [-0.4, -0.2) is 37.2 Å². The van der Waals surface area contributed by atoms with Gasteiger partial charge in [0.25, 0.3) is 0 Å². The van der Waals surface area contributed by atoms with E-state index >= 15 is 0 Å². The van der Waals surface area contributed by atoms with Crippen LogP contribution in [0.5, 0.6) is 0 Å². The predicted molar refractivity (Wildman–Crippen MR) is 62.2 cm³/mol. The summed E-state index contributed by atoms with van der Waals surface area (Å²) in [5.74, 6) is 0.349. The zero-order chi connectivity index (χ0) is 11.6. The fraction of sp³-hybridized carbons (Fsp3) is 0.917. The van der Waals surface area contributed by atoms with E-state index in [1.54, 1.807) is 0 Å². The number of amides is 1. The van der Waals surface area contributed by atoms with Gasteiger partial charge in [-0.25, -0.2) is 0 Å². The van der Waals surface area contributed by atoms with E-state index in [9.17, 15) is 4.79 Å². The fourth-order valence-corrected chi connectivity index (χ4v) is 2.55. The average molecular weight is 226 g/mol. The van der Waals surface area contributed by atoms with Crippen molar-refractivity contribution < 1.29 is 9.53 Å². The van der Waals surface area contributed by atoms with Crippen molar-refractivity contribution in [2.24, 2.45) is 5.92 Å². The van der Waals surface area contributed by atoms with E-state index in [4.69, 9.17) is 4.74 Å². The van der Waals surface area contributed by atoms with Crippen molar-refractivity contribution in [1.82, 2.24) is 10.6 Å². The Bertz CT molecular complexity index is 262. The molecule has 2 N–H and O–H groups in total. The molecule has 92 valence electrons. The number of ether oxygens (including phenoxy) is 1. The molecule has 4 heteroatoms. The summed E-state index contributed by atoms with van der Waals surface area (Å²) in [5.41, 5.74) is -0.0579. The van der Waals surface area contributed by atoms with Crippen LogP contribution in [0.1, 0.15) is 33.1 Å². The largest absolute Gasteiger partial charge is 0.381 e. The molecule has 2 heterocycles. The standard InChI is InChI=1S/C12H22N2O2/c1-9-10(3-6-13-9)11(15)14-12(2)4-7-16-8-5-12/h9-10,13H,3-8H2,1-2H3,(H,14,15). The first-order valence-corrected chi connectivity index (χ1v) is 6.24. The number of hydrogen-bond donors (Lipinski definition) is 2. The molecule has 0 aromatic carbocycles. The van der Waals surface area contributed by atoms with E-state index in [2.05, 4.69) is 24.5 Å².